The van der Waals surface area contributed by atoms with Gasteiger partial charge in [0.2, 0.25) is 5.88 Å². The lowest BCUT2D eigenvalue weighted by Crippen LogP contribution is -2.27. The monoisotopic (exact) mass is 374 g/mol. The largest absolute Gasteiger partial charge is 0.478 e. The van der Waals surface area contributed by atoms with E-state index in [1.165, 1.54) is 0 Å². The molecule has 3 rings (SSSR count). The Morgan fingerprint density at radius 1 is 1.35 bits per heavy atom. The topological polar surface area (TPSA) is 91.7 Å². The summed E-state index contributed by atoms with van der Waals surface area (Å²) in [7, 11) is 0. The molecule has 1 aromatic heterocycles. The zero-order valence-corrected chi connectivity index (χ0v) is 15.1. The smallest absolute Gasteiger partial charge is 0.334 e. The van der Waals surface area contributed by atoms with E-state index >= 15 is 0 Å². The SMILES string of the molecule is CC(C)Oc1nccc2c1C(c1ccccc1Cl)C(C(=O)O)=C(CO)N2. The van der Waals surface area contributed by atoms with Crippen molar-refractivity contribution in [1.82, 2.24) is 4.98 Å². The van der Waals surface area contributed by atoms with Crippen LogP contribution in [0.5, 0.6) is 5.88 Å². The fourth-order valence-electron chi connectivity index (χ4n) is 3.11. The quantitative estimate of drug-likeness (QED) is 0.742. The first kappa shape index (κ1) is 18.2. The molecule has 2 aromatic rings. The van der Waals surface area contributed by atoms with Crippen molar-refractivity contribution >= 4 is 23.3 Å². The van der Waals surface area contributed by atoms with Crippen LogP contribution in [0.25, 0.3) is 0 Å². The molecule has 0 radical (unpaired) electrons. The van der Waals surface area contributed by atoms with Crippen LogP contribution < -0.4 is 10.1 Å². The third-order valence-electron chi connectivity index (χ3n) is 4.09. The van der Waals surface area contributed by atoms with Gasteiger partial charge in [-0.3, -0.25) is 0 Å². The summed E-state index contributed by atoms with van der Waals surface area (Å²) in [5.41, 5.74) is 2.08. The predicted octanol–water partition coefficient (Wildman–Crippen LogP) is 3.41. The summed E-state index contributed by atoms with van der Waals surface area (Å²) in [5.74, 6) is -1.52. The number of aliphatic hydroxyl groups excluding tert-OH is 1. The molecule has 1 aliphatic rings. The van der Waals surface area contributed by atoms with Gasteiger partial charge in [0.15, 0.2) is 0 Å². The summed E-state index contributed by atoms with van der Waals surface area (Å²) in [5, 5.41) is 23.0. The highest BCUT2D eigenvalue weighted by Crippen LogP contribution is 2.47. The second kappa shape index (κ2) is 7.35. The number of ether oxygens (including phenoxy) is 1. The van der Waals surface area contributed by atoms with E-state index in [2.05, 4.69) is 10.3 Å². The Bertz CT molecular complexity index is 880. The number of fused-ring (bicyclic) bond motifs is 1. The van der Waals surface area contributed by atoms with Gasteiger partial charge in [-0.2, -0.15) is 0 Å². The lowest BCUT2D eigenvalue weighted by Gasteiger charge is -2.31. The molecule has 0 bridgehead atoms. The fourth-order valence-corrected chi connectivity index (χ4v) is 3.35. The van der Waals surface area contributed by atoms with Gasteiger partial charge in [-0.15, -0.1) is 0 Å². The average molecular weight is 375 g/mol. The minimum absolute atomic E-state index is 0.0229. The molecule has 7 heteroatoms. The molecule has 0 saturated carbocycles. The van der Waals surface area contributed by atoms with E-state index in [0.717, 1.165) is 0 Å². The summed E-state index contributed by atoms with van der Waals surface area (Å²) in [6.45, 7) is 3.30. The van der Waals surface area contributed by atoms with Crippen molar-refractivity contribution in [2.24, 2.45) is 0 Å². The highest BCUT2D eigenvalue weighted by atomic mass is 35.5. The number of carbonyl (C=O) groups is 1. The van der Waals surface area contributed by atoms with Crippen molar-refractivity contribution in [3.8, 4) is 5.88 Å². The van der Waals surface area contributed by atoms with E-state index < -0.39 is 18.5 Å². The number of benzene rings is 1. The molecule has 0 spiro atoms. The molecule has 1 aliphatic heterocycles. The minimum atomic E-state index is -1.14. The fraction of sp³-hybridized carbons (Fsp3) is 0.263. The first-order valence-electron chi connectivity index (χ1n) is 8.18. The molecular formula is C19H19ClN2O4. The summed E-state index contributed by atoms with van der Waals surface area (Å²) >= 11 is 6.38. The van der Waals surface area contributed by atoms with Crippen LogP contribution in [-0.4, -0.2) is 33.9 Å². The molecule has 0 saturated heterocycles. The molecule has 1 atom stereocenters. The maximum atomic E-state index is 12.0. The number of nitrogens with zero attached hydrogens (tertiary/aromatic N) is 1. The third kappa shape index (κ3) is 3.25. The summed E-state index contributed by atoms with van der Waals surface area (Å²) in [6, 6.07) is 8.77. The zero-order chi connectivity index (χ0) is 18.8. The van der Waals surface area contributed by atoms with Gasteiger partial charge in [0, 0.05) is 16.9 Å². The Balaban J connectivity index is 2.31. The number of aromatic nitrogens is 1. The number of pyridine rings is 1. The number of carboxylic acids is 1. The number of carboxylic acid groups (broad SMARTS) is 1. The average Bonchev–Trinajstić information content (AvgIpc) is 2.60. The first-order chi connectivity index (χ1) is 12.4. The highest BCUT2D eigenvalue weighted by molar-refractivity contribution is 6.31. The van der Waals surface area contributed by atoms with Crippen molar-refractivity contribution < 1.29 is 19.7 Å². The molecule has 1 unspecified atom stereocenters. The lowest BCUT2D eigenvalue weighted by molar-refractivity contribution is -0.133. The van der Waals surface area contributed by atoms with Gasteiger partial charge in [0.25, 0.3) is 0 Å². The second-order valence-electron chi connectivity index (χ2n) is 6.18. The van der Waals surface area contributed by atoms with Crippen molar-refractivity contribution in [1.29, 1.82) is 0 Å². The molecule has 1 aromatic carbocycles. The van der Waals surface area contributed by atoms with Gasteiger partial charge >= 0.3 is 5.97 Å². The maximum Gasteiger partial charge on any atom is 0.334 e. The maximum absolute atomic E-state index is 12.0. The van der Waals surface area contributed by atoms with Gasteiger partial charge in [-0.05, 0) is 31.5 Å². The Morgan fingerprint density at radius 2 is 2.08 bits per heavy atom. The van der Waals surface area contributed by atoms with Crippen LogP contribution in [0.4, 0.5) is 5.69 Å². The van der Waals surface area contributed by atoms with E-state index in [0.29, 0.717) is 27.7 Å². The molecule has 3 N–H and O–H groups in total. The van der Waals surface area contributed by atoms with E-state index in [1.54, 1.807) is 36.5 Å². The molecule has 2 heterocycles. The molecule has 136 valence electrons. The molecule has 26 heavy (non-hydrogen) atoms. The number of aliphatic carboxylic acids is 1. The molecular weight excluding hydrogens is 356 g/mol. The first-order valence-corrected chi connectivity index (χ1v) is 8.56. The molecule has 0 amide bonds. The minimum Gasteiger partial charge on any atom is -0.478 e. The van der Waals surface area contributed by atoms with Crippen molar-refractivity contribution in [3.05, 3.63) is 63.9 Å². The molecule has 0 fully saturated rings. The van der Waals surface area contributed by atoms with E-state index in [-0.39, 0.29) is 17.4 Å². The Morgan fingerprint density at radius 3 is 2.69 bits per heavy atom. The van der Waals surface area contributed by atoms with Gasteiger partial charge in [0.1, 0.15) is 0 Å². The van der Waals surface area contributed by atoms with Crippen LogP contribution in [0.3, 0.4) is 0 Å². The van der Waals surface area contributed by atoms with E-state index in [4.69, 9.17) is 16.3 Å². The summed E-state index contributed by atoms with van der Waals surface area (Å²) < 4.78 is 5.83. The van der Waals surface area contributed by atoms with Gasteiger partial charge < -0.3 is 20.3 Å². The molecule has 0 aliphatic carbocycles. The standard InChI is InChI=1S/C19H19ClN2O4/c1-10(2)26-18-16-13(7-8-21-18)22-14(9-23)17(19(24)25)15(16)11-5-3-4-6-12(11)20/h3-8,10,15,22-23H,9H2,1-2H3,(H,24,25). The van der Waals surface area contributed by atoms with Crippen LogP contribution in [0.15, 0.2) is 47.8 Å². The summed E-state index contributed by atoms with van der Waals surface area (Å²) in [4.78, 5) is 16.3. The van der Waals surface area contributed by atoms with Crippen LogP contribution in [0, 0.1) is 0 Å². The number of nitrogens with one attached hydrogen (secondary N) is 1. The number of rotatable bonds is 5. The van der Waals surface area contributed by atoms with Crippen molar-refractivity contribution in [2.75, 3.05) is 11.9 Å². The number of hydrogen-bond donors (Lipinski definition) is 3. The number of halogens is 1. The van der Waals surface area contributed by atoms with E-state index in [1.807, 2.05) is 13.8 Å². The van der Waals surface area contributed by atoms with Crippen LogP contribution in [0.1, 0.15) is 30.9 Å². The third-order valence-corrected chi connectivity index (χ3v) is 4.44. The second-order valence-corrected chi connectivity index (χ2v) is 6.59. The predicted molar refractivity (Wildman–Crippen MR) is 98.7 cm³/mol. The number of hydrogen-bond acceptors (Lipinski definition) is 5. The van der Waals surface area contributed by atoms with Gasteiger partial charge in [-0.1, -0.05) is 29.8 Å². The summed E-state index contributed by atoms with van der Waals surface area (Å²) in [6.07, 6.45) is 1.44. The van der Waals surface area contributed by atoms with Crippen LogP contribution >= 0.6 is 11.6 Å². The number of aliphatic hydroxyl groups is 1. The normalized spacial score (nSPS) is 16.3. The molecule has 6 nitrogen and oxygen atoms in total. The zero-order valence-electron chi connectivity index (χ0n) is 14.4. The van der Waals surface area contributed by atoms with Crippen molar-refractivity contribution in [2.45, 2.75) is 25.9 Å². The Kier molecular flexibility index (Phi) is 5.15. The lowest BCUT2D eigenvalue weighted by atomic mass is 9.81. The Labute approximate surface area is 156 Å². The van der Waals surface area contributed by atoms with Crippen molar-refractivity contribution in [3.63, 3.8) is 0 Å². The van der Waals surface area contributed by atoms with E-state index in [9.17, 15) is 15.0 Å². The van der Waals surface area contributed by atoms with Gasteiger partial charge in [0.05, 0.1) is 35.5 Å². The van der Waals surface area contributed by atoms with Gasteiger partial charge in [-0.25, -0.2) is 9.78 Å². The van der Waals surface area contributed by atoms with Crippen LogP contribution in [-0.2, 0) is 4.79 Å². The van der Waals surface area contributed by atoms with Crippen LogP contribution in [0.2, 0.25) is 5.02 Å². The number of anilines is 1. The Hall–Kier alpha value is -2.57. The highest BCUT2D eigenvalue weighted by Gasteiger charge is 2.37.